The smallest absolute Gasteiger partial charge is 0.323 e. The number of carbonyl (C=O) groups is 2. The van der Waals surface area contributed by atoms with Gasteiger partial charge >= 0.3 is 5.97 Å². The Morgan fingerprint density at radius 1 is 0.873 bits per heavy atom. The molecule has 8 rings (SSSR count). The molecule has 2 aliphatic heterocycles. The van der Waals surface area contributed by atoms with Crippen molar-refractivity contribution in [1.82, 2.24) is 14.0 Å². The van der Waals surface area contributed by atoms with Crippen LogP contribution in [0, 0.1) is 9.20 Å². The number of fused-ring (bicyclic) bond motifs is 1. The highest BCUT2D eigenvalue weighted by atomic mass is 32.2. The van der Waals surface area contributed by atoms with Crippen LogP contribution in [0.2, 0.25) is 0 Å². The average Bonchev–Trinajstić information content (AvgIpc) is 3.88. The van der Waals surface area contributed by atoms with E-state index in [4.69, 9.17) is 12.2 Å². The van der Waals surface area contributed by atoms with E-state index in [1.807, 2.05) is 26.0 Å². The minimum absolute atomic E-state index is 0.211. The van der Waals surface area contributed by atoms with Crippen molar-refractivity contribution in [3.05, 3.63) is 170 Å². The highest BCUT2D eigenvalue weighted by Crippen LogP contribution is 2.48. The fraction of sp³-hybridized carbons (Fsp3) is 0.260. The van der Waals surface area contributed by atoms with Gasteiger partial charge in [-0.3, -0.25) is 33.2 Å². The molecule has 2 unspecified atom stereocenters. The Labute approximate surface area is 383 Å². The predicted molar refractivity (Wildman–Crippen MR) is 264 cm³/mol. The van der Waals surface area contributed by atoms with Crippen LogP contribution in [0.4, 0.5) is 11.4 Å². The third-order valence-corrected chi connectivity index (χ3v) is 15.7. The summed E-state index contributed by atoms with van der Waals surface area (Å²) in [6, 6.07) is 25.8. The molecular weight excluding hydrogens is 865 g/mol. The molecule has 4 heterocycles. The maximum absolute atomic E-state index is 14.1. The van der Waals surface area contributed by atoms with Gasteiger partial charge in [0, 0.05) is 36.4 Å². The van der Waals surface area contributed by atoms with E-state index in [2.05, 4.69) is 116 Å². The zero-order chi connectivity index (χ0) is 44.4. The van der Waals surface area contributed by atoms with E-state index in [1.54, 1.807) is 6.08 Å². The van der Waals surface area contributed by atoms with Crippen molar-refractivity contribution in [3.63, 3.8) is 0 Å². The van der Waals surface area contributed by atoms with Crippen LogP contribution in [-0.2, 0) is 22.7 Å². The normalized spacial score (nSPS) is 19.3. The monoisotopic (exact) mass is 912 g/mol. The van der Waals surface area contributed by atoms with Crippen LogP contribution < -0.4 is 25.2 Å². The van der Waals surface area contributed by atoms with Crippen LogP contribution >= 0.6 is 46.7 Å². The van der Waals surface area contributed by atoms with Gasteiger partial charge in [0.05, 0.1) is 4.53 Å². The van der Waals surface area contributed by atoms with Gasteiger partial charge in [-0.15, -0.1) is 22.7 Å². The first kappa shape index (κ1) is 44.0. The maximum atomic E-state index is 14.1. The van der Waals surface area contributed by atoms with Gasteiger partial charge < -0.3 is 10.0 Å². The molecule has 1 saturated heterocycles. The van der Waals surface area contributed by atoms with Crippen LogP contribution in [0.25, 0.3) is 22.6 Å². The van der Waals surface area contributed by atoms with E-state index >= 15 is 0 Å². The minimum Gasteiger partial charge on any atom is -0.480 e. The van der Waals surface area contributed by atoms with Gasteiger partial charge in [0.15, 0.2) is 0 Å². The van der Waals surface area contributed by atoms with Crippen molar-refractivity contribution in [1.29, 1.82) is 0 Å². The lowest BCUT2D eigenvalue weighted by Gasteiger charge is -2.30. The molecular formula is C50H48N4O5S4. The van der Waals surface area contributed by atoms with E-state index in [0.717, 1.165) is 98.3 Å². The first-order valence-corrected chi connectivity index (χ1v) is 24.2. The van der Waals surface area contributed by atoms with E-state index in [9.17, 15) is 24.3 Å². The average molecular weight is 913 g/mol. The number of thioether (sulfide) groups is 1. The second-order valence-electron chi connectivity index (χ2n) is 15.5. The van der Waals surface area contributed by atoms with Crippen LogP contribution in [0.3, 0.4) is 0 Å². The van der Waals surface area contributed by atoms with Crippen molar-refractivity contribution in [2.24, 2.45) is 0 Å². The van der Waals surface area contributed by atoms with Crippen molar-refractivity contribution in [2.75, 3.05) is 11.4 Å². The van der Waals surface area contributed by atoms with Crippen molar-refractivity contribution in [2.45, 2.75) is 78.4 Å². The van der Waals surface area contributed by atoms with E-state index in [-0.39, 0.29) is 39.2 Å². The molecule has 0 radical (unpaired) electrons. The fourth-order valence-corrected chi connectivity index (χ4v) is 12.7. The molecule has 322 valence electrons. The van der Waals surface area contributed by atoms with Crippen LogP contribution in [0.5, 0.6) is 0 Å². The molecule has 2 atom stereocenters. The zero-order valence-corrected chi connectivity index (χ0v) is 38.8. The molecule has 2 aromatic heterocycles. The molecule has 3 aliphatic rings. The first-order chi connectivity index (χ1) is 30.6. The number of aromatic nitrogens is 2. The number of allylic oxidation sites excluding steroid dienone is 7. The number of nitrogens with zero attached hydrogens (tertiary/aromatic N) is 4. The second-order valence-corrected chi connectivity index (χ2v) is 19.2. The summed E-state index contributed by atoms with van der Waals surface area (Å²) in [5, 5.41) is 9.91. The lowest BCUT2D eigenvalue weighted by molar-refractivity contribution is -0.137. The van der Waals surface area contributed by atoms with Crippen molar-refractivity contribution >= 4 is 96.9 Å². The number of anilines is 2. The van der Waals surface area contributed by atoms with Crippen molar-refractivity contribution in [3.8, 4) is 0 Å². The molecule has 0 spiro atoms. The van der Waals surface area contributed by atoms with Gasteiger partial charge in [-0.2, -0.15) is 0 Å². The number of thiocarbonyl (C=S) groups is 1. The predicted octanol–water partition coefficient (Wildman–Crippen LogP) is 9.14. The summed E-state index contributed by atoms with van der Waals surface area (Å²) in [5.41, 5.74) is 7.98. The van der Waals surface area contributed by atoms with Gasteiger partial charge in [0.1, 0.15) is 29.6 Å². The Morgan fingerprint density at radius 3 is 2.32 bits per heavy atom. The Kier molecular flexibility index (Phi) is 13.3. The topological polar surface area (TPSA) is 105 Å². The summed E-state index contributed by atoms with van der Waals surface area (Å²) >= 11 is 8.79. The third kappa shape index (κ3) is 8.59. The van der Waals surface area contributed by atoms with E-state index in [0.29, 0.717) is 25.0 Å². The van der Waals surface area contributed by atoms with Gasteiger partial charge in [0.2, 0.25) is 0 Å². The number of carboxylic acids is 1. The summed E-state index contributed by atoms with van der Waals surface area (Å²) in [5.74, 6) is -1.23. The fourth-order valence-electron chi connectivity index (χ4n) is 8.72. The standard InChI is InChI=1S/C50H48N4O5S4/c1-5-16-39-36(6-2)38-28-32(23-26-40(38)54(39)35-24-21-31(22-25-35)27-37(34-19-14-11-15-20-34)33-17-12-9-10-13-18-33)29-41-45(57)53(30-42(55)56)49(61-41)43-46(58)51(7-3)48(62-43)44-47(59)52(8-4)50(60)63-44/h9,11-15,17-29,36,39H,5-8,10,16,30H2,1-4H3,(H,55,56)/b37-27?,41-29-,48-44+,49-43+. The summed E-state index contributed by atoms with van der Waals surface area (Å²) in [6.07, 6.45) is 18.7. The summed E-state index contributed by atoms with van der Waals surface area (Å²) < 4.78 is 4.31. The SMILES string of the molecule is CCCC1C(CC)c2cc(/C=c3\s/c(=c4/s/c(=C5/SC(=S)N(CC)C5=O)n(CC)c4=O)n(CC(=O)O)c3=O)ccc2N1c1ccc(C=C(C2=CC=CCC=C2)c2ccccc2)cc1. The number of carboxylic acid groups (broad SMARTS) is 1. The molecule has 0 bridgehead atoms. The van der Waals surface area contributed by atoms with Crippen LogP contribution in [0.1, 0.15) is 81.5 Å². The van der Waals surface area contributed by atoms with Crippen molar-refractivity contribution < 1.29 is 14.7 Å². The van der Waals surface area contributed by atoms with Crippen LogP contribution in [0.15, 0.2) is 118 Å². The first-order valence-electron chi connectivity index (χ1n) is 21.4. The summed E-state index contributed by atoms with van der Waals surface area (Å²) in [4.78, 5) is 57.8. The summed E-state index contributed by atoms with van der Waals surface area (Å²) in [6.45, 7) is 8.16. The number of benzene rings is 3. The number of hydrogen-bond acceptors (Lipinski definition) is 9. The number of amides is 1. The quantitative estimate of drug-likeness (QED) is 0.0977. The van der Waals surface area contributed by atoms with Gasteiger partial charge in [-0.1, -0.05) is 123 Å². The third-order valence-electron chi connectivity index (χ3n) is 11.6. The van der Waals surface area contributed by atoms with Gasteiger partial charge in [-0.25, -0.2) is 0 Å². The maximum Gasteiger partial charge on any atom is 0.323 e. The number of hydrogen-bond donors (Lipinski definition) is 1. The Bertz CT molecular complexity index is 3100. The van der Waals surface area contributed by atoms with Gasteiger partial charge in [-0.05, 0) is 103 Å². The number of carbonyl (C=O) groups excluding carboxylic acids is 1. The van der Waals surface area contributed by atoms with Crippen LogP contribution in [-0.4, -0.2) is 47.9 Å². The minimum atomic E-state index is -1.20. The zero-order valence-electron chi connectivity index (χ0n) is 35.6. The molecule has 1 amide bonds. The van der Waals surface area contributed by atoms with E-state index in [1.165, 1.54) is 20.6 Å². The number of aliphatic carboxylic acids is 1. The molecule has 5 aromatic rings. The second kappa shape index (κ2) is 19.0. The number of thiazole rings is 2. The highest BCUT2D eigenvalue weighted by molar-refractivity contribution is 8.30. The number of rotatable bonds is 12. The summed E-state index contributed by atoms with van der Waals surface area (Å²) in [7, 11) is 0. The Hall–Kier alpha value is -5.60. The molecule has 1 aliphatic carbocycles. The lowest BCUT2D eigenvalue weighted by atomic mass is 9.89. The van der Waals surface area contributed by atoms with E-state index < -0.39 is 18.1 Å². The molecule has 1 N–H and O–H groups in total. The molecule has 1 fully saturated rings. The lowest BCUT2D eigenvalue weighted by Crippen LogP contribution is -2.31. The molecule has 9 nitrogen and oxygen atoms in total. The molecule has 3 aromatic carbocycles. The highest BCUT2D eigenvalue weighted by Gasteiger charge is 2.38. The largest absolute Gasteiger partial charge is 0.480 e. The van der Waals surface area contributed by atoms with Gasteiger partial charge in [0.25, 0.3) is 17.0 Å². The molecule has 0 saturated carbocycles. The Morgan fingerprint density at radius 2 is 1.63 bits per heavy atom. The Balaban J connectivity index is 1.21. The molecule has 63 heavy (non-hydrogen) atoms. The molecule has 13 heteroatoms.